The highest BCUT2D eigenvalue weighted by molar-refractivity contribution is 5.91. The van der Waals surface area contributed by atoms with Crippen molar-refractivity contribution < 1.29 is 23.8 Å². The van der Waals surface area contributed by atoms with Crippen LogP contribution in [0.5, 0.6) is 17.2 Å². The molecule has 0 atom stereocenters. The van der Waals surface area contributed by atoms with Gasteiger partial charge >= 0.3 is 11.9 Å². The van der Waals surface area contributed by atoms with E-state index in [1.807, 2.05) is 36.4 Å². The van der Waals surface area contributed by atoms with Gasteiger partial charge in [-0.05, 0) is 59.7 Å². The largest absolute Gasteiger partial charge is 0.497 e. The van der Waals surface area contributed by atoms with Gasteiger partial charge in [-0.25, -0.2) is 9.59 Å². The highest BCUT2D eigenvalue weighted by Gasteiger charge is 2.10. The Morgan fingerprint density at radius 1 is 0.714 bits per heavy atom. The predicted octanol–water partition coefficient (Wildman–Crippen LogP) is 4.67. The summed E-state index contributed by atoms with van der Waals surface area (Å²) in [5, 5.41) is 0. The summed E-state index contributed by atoms with van der Waals surface area (Å²) in [4.78, 5) is 23.4. The van der Waals surface area contributed by atoms with Gasteiger partial charge in [-0.15, -0.1) is 0 Å². The number of ether oxygens (including phenoxy) is 3. The zero-order chi connectivity index (χ0) is 19.9. The van der Waals surface area contributed by atoms with Gasteiger partial charge < -0.3 is 14.2 Å². The van der Waals surface area contributed by atoms with Crippen molar-refractivity contribution in [3.63, 3.8) is 0 Å². The molecule has 0 amide bonds. The average molecular weight is 374 g/mol. The van der Waals surface area contributed by atoms with Crippen LogP contribution in [0.1, 0.15) is 10.4 Å². The maximum Gasteiger partial charge on any atom is 0.343 e. The van der Waals surface area contributed by atoms with Crippen molar-refractivity contribution in [1.82, 2.24) is 0 Å². The molecule has 0 bridgehead atoms. The molecule has 0 saturated carbocycles. The second kappa shape index (κ2) is 8.68. The zero-order valence-corrected chi connectivity index (χ0v) is 15.3. The van der Waals surface area contributed by atoms with Gasteiger partial charge in [0, 0.05) is 6.08 Å². The van der Waals surface area contributed by atoms with Crippen LogP contribution in [0.15, 0.2) is 85.5 Å². The molecule has 0 heterocycles. The summed E-state index contributed by atoms with van der Waals surface area (Å²) in [6, 6.07) is 21.0. The lowest BCUT2D eigenvalue weighted by Crippen LogP contribution is -2.09. The summed E-state index contributed by atoms with van der Waals surface area (Å²) < 4.78 is 15.5. The molecule has 3 rings (SSSR count). The standard InChI is InChI=1S/C23H18O5/c1-3-22(24)27-20-14-8-18(9-15-20)23(25)28-21-12-6-17(7-13-21)16-4-10-19(26-2)11-5-16/h3-15H,1H2,2H3. The topological polar surface area (TPSA) is 61.8 Å². The molecule has 5 heteroatoms. The van der Waals surface area contributed by atoms with E-state index in [4.69, 9.17) is 14.2 Å². The molecular weight excluding hydrogens is 356 g/mol. The van der Waals surface area contributed by atoms with Gasteiger partial charge in [-0.2, -0.15) is 0 Å². The van der Waals surface area contributed by atoms with Crippen molar-refractivity contribution in [2.24, 2.45) is 0 Å². The number of methoxy groups -OCH3 is 1. The van der Waals surface area contributed by atoms with E-state index in [-0.39, 0.29) is 0 Å². The van der Waals surface area contributed by atoms with Crippen LogP contribution in [0.25, 0.3) is 11.1 Å². The minimum Gasteiger partial charge on any atom is -0.497 e. The van der Waals surface area contributed by atoms with Crippen LogP contribution in [0, 0.1) is 0 Å². The van der Waals surface area contributed by atoms with E-state index in [1.54, 1.807) is 19.2 Å². The molecule has 0 radical (unpaired) electrons. The Morgan fingerprint density at radius 2 is 1.18 bits per heavy atom. The molecule has 0 aliphatic rings. The van der Waals surface area contributed by atoms with E-state index in [9.17, 15) is 9.59 Å². The summed E-state index contributed by atoms with van der Waals surface area (Å²) >= 11 is 0. The number of esters is 2. The molecule has 3 aromatic carbocycles. The molecule has 5 nitrogen and oxygen atoms in total. The summed E-state index contributed by atoms with van der Waals surface area (Å²) in [6.07, 6.45) is 1.07. The van der Waals surface area contributed by atoms with Crippen molar-refractivity contribution in [2.45, 2.75) is 0 Å². The van der Waals surface area contributed by atoms with E-state index < -0.39 is 11.9 Å². The number of carbonyl (C=O) groups excluding carboxylic acids is 2. The monoisotopic (exact) mass is 374 g/mol. The third-order valence-corrected chi connectivity index (χ3v) is 3.96. The summed E-state index contributed by atoms with van der Waals surface area (Å²) in [7, 11) is 1.62. The number of rotatable bonds is 6. The van der Waals surface area contributed by atoms with Gasteiger partial charge in [0.05, 0.1) is 12.7 Å². The number of hydrogen-bond acceptors (Lipinski definition) is 5. The summed E-state index contributed by atoms with van der Waals surface area (Å²) in [5.41, 5.74) is 2.37. The van der Waals surface area contributed by atoms with Crippen molar-refractivity contribution in [1.29, 1.82) is 0 Å². The van der Waals surface area contributed by atoms with Gasteiger partial charge in [0.25, 0.3) is 0 Å². The molecular formula is C23H18O5. The molecule has 0 unspecified atom stereocenters. The first kappa shape index (κ1) is 18.9. The van der Waals surface area contributed by atoms with E-state index in [0.29, 0.717) is 17.1 Å². The van der Waals surface area contributed by atoms with Gasteiger partial charge in [0.2, 0.25) is 0 Å². The van der Waals surface area contributed by atoms with Crippen LogP contribution in [0.2, 0.25) is 0 Å². The SMILES string of the molecule is C=CC(=O)Oc1ccc(C(=O)Oc2ccc(-c3ccc(OC)cc3)cc2)cc1. The molecule has 0 fully saturated rings. The Balaban J connectivity index is 1.65. The minimum atomic E-state index is -0.563. The number of carbonyl (C=O) groups is 2. The molecule has 0 aromatic heterocycles. The smallest absolute Gasteiger partial charge is 0.343 e. The maximum absolute atomic E-state index is 12.3. The highest BCUT2D eigenvalue weighted by atomic mass is 16.5. The normalized spacial score (nSPS) is 10.0. The lowest BCUT2D eigenvalue weighted by atomic mass is 10.1. The fourth-order valence-electron chi connectivity index (χ4n) is 2.48. The minimum absolute atomic E-state index is 0.324. The first-order valence-corrected chi connectivity index (χ1v) is 8.50. The van der Waals surface area contributed by atoms with Gasteiger partial charge in [-0.3, -0.25) is 0 Å². The van der Waals surface area contributed by atoms with Gasteiger partial charge in [-0.1, -0.05) is 30.8 Å². The van der Waals surface area contributed by atoms with Crippen molar-refractivity contribution in [2.75, 3.05) is 7.11 Å². The zero-order valence-electron chi connectivity index (χ0n) is 15.3. The Hall–Kier alpha value is -3.86. The van der Waals surface area contributed by atoms with E-state index in [1.165, 1.54) is 24.3 Å². The van der Waals surface area contributed by atoms with Gasteiger partial charge in [0.15, 0.2) is 0 Å². The Kier molecular flexibility index (Phi) is 5.87. The van der Waals surface area contributed by atoms with Crippen molar-refractivity contribution in [3.05, 3.63) is 91.0 Å². The molecule has 0 aliphatic heterocycles. The Morgan fingerprint density at radius 3 is 1.68 bits per heavy atom. The van der Waals surface area contributed by atoms with Crippen molar-refractivity contribution in [3.8, 4) is 28.4 Å². The Labute approximate surface area is 162 Å². The predicted molar refractivity (Wildman–Crippen MR) is 106 cm³/mol. The lowest BCUT2D eigenvalue weighted by molar-refractivity contribution is -0.128. The molecule has 0 spiro atoms. The Bertz CT molecular complexity index is 971. The molecule has 0 saturated heterocycles. The van der Waals surface area contributed by atoms with Crippen LogP contribution in [-0.2, 0) is 4.79 Å². The van der Waals surface area contributed by atoms with E-state index in [0.717, 1.165) is 23.0 Å². The molecule has 0 aliphatic carbocycles. The molecule has 3 aromatic rings. The fourth-order valence-corrected chi connectivity index (χ4v) is 2.48. The number of hydrogen-bond donors (Lipinski definition) is 0. The fraction of sp³-hybridized carbons (Fsp3) is 0.0435. The summed E-state index contributed by atoms with van der Waals surface area (Å²) in [5.74, 6) is 0.486. The quantitative estimate of drug-likeness (QED) is 0.356. The highest BCUT2D eigenvalue weighted by Crippen LogP contribution is 2.25. The van der Waals surface area contributed by atoms with E-state index >= 15 is 0 Å². The number of benzene rings is 3. The van der Waals surface area contributed by atoms with Crippen LogP contribution >= 0.6 is 0 Å². The van der Waals surface area contributed by atoms with Crippen LogP contribution in [-0.4, -0.2) is 19.0 Å². The molecule has 0 N–H and O–H groups in total. The third kappa shape index (κ3) is 4.65. The first-order chi connectivity index (χ1) is 13.6. The van der Waals surface area contributed by atoms with Gasteiger partial charge in [0.1, 0.15) is 17.2 Å². The third-order valence-electron chi connectivity index (χ3n) is 3.96. The first-order valence-electron chi connectivity index (χ1n) is 8.50. The molecule has 140 valence electrons. The maximum atomic E-state index is 12.3. The average Bonchev–Trinajstić information content (AvgIpc) is 2.74. The van der Waals surface area contributed by atoms with E-state index in [2.05, 4.69) is 6.58 Å². The second-order valence-corrected chi connectivity index (χ2v) is 5.79. The van der Waals surface area contributed by atoms with Crippen LogP contribution < -0.4 is 14.2 Å². The van der Waals surface area contributed by atoms with Crippen molar-refractivity contribution >= 4 is 11.9 Å². The van der Waals surface area contributed by atoms with Crippen LogP contribution in [0.4, 0.5) is 0 Å². The summed E-state index contributed by atoms with van der Waals surface area (Å²) in [6.45, 7) is 3.33. The molecule has 28 heavy (non-hydrogen) atoms. The van der Waals surface area contributed by atoms with Crippen LogP contribution in [0.3, 0.4) is 0 Å². The lowest BCUT2D eigenvalue weighted by Gasteiger charge is -2.07. The second-order valence-electron chi connectivity index (χ2n) is 5.79.